The van der Waals surface area contributed by atoms with Crippen molar-refractivity contribution < 1.29 is 9.37 Å². The van der Waals surface area contributed by atoms with E-state index in [9.17, 15) is 0 Å². The maximum absolute atomic E-state index is 5.76. The Balaban J connectivity index is 2.13. The lowest BCUT2D eigenvalue weighted by Gasteiger charge is -2.12. The van der Waals surface area contributed by atoms with E-state index in [2.05, 4.69) is 28.8 Å². The van der Waals surface area contributed by atoms with Gasteiger partial charge in [0.2, 0.25) is 0 Å². The second-order valence-electron chi connectivity index (χ2n) is 4.32. The molecule has 92 valence electrons. The van der Waals surface area contributed by atoms with Gasteiger partial charge in [-0.2, -0.15) is 0 Å². The lowest BCUT2D eigenvalue weighted by molar-refractivity contribution is 0.252. The van der Waals surface area contributed by atoms with Crippen molar-refractivity contribution in [2.45, 2.75) is 26.7 Å². The largest absolute Gasteiger partial charge is 0.491 e. The normalized spacial score (nSPS) is 12.8. The molecule has 0 aliphatic rings. The standard InChI is InChI=1S/C12H17N3O2/c1-3-4-8(2)7-16-10-6-5-9(13)11-12(10)15-17-14-11/h5-6,8H,3-4,7,13H2,1-2H3. The zero-order chi connectivity index (χ0) is 12.3. The molecule has 1 atom stereocenters. The molecule has 1 aromatic carbocycles. The highest BCUT2D eigenvalue weighted by molar-refractivity contribution is 5.90. The summed E-state index contributed by atoms with van der Waals surface area (Å²) in [5.74, 6) is 1.20. The SMILES string of the molecule is CCCC(C)COc1ccc(N)c2nonc12. The van der Waals surface area contributed by atoms with Crippen molar-refractivity contribution in [3.8, 4) is 5.75 Å². The summed E-state index contributed by atoms with van der Waals surface area (Å²) in [6, 6.07) is 3.56. The molecule has 0 saturated heterocycles. The van der Waals surface area contributed by atoms with Crippen LogP contribution in [0.15, 0.2) is 16.8 Å². The number of anilines is 1. The van der Waals surface area contributed by atoms with Gasteiger partial charge in [0.25, 0.3) is 0 Å². The summed E-state index contributed by atoms with van der Waals surface area (Å²) < 4.78 is 10.4. The van der Waals surface area contributed by atoms with Gasteiger partial charge in [-0.15, -0.1) is 0 Å². The minimum atomic E-state index is 0.521. The van der Waals surface area contributed by atoms with Crippen LogP contribution < -0.4 is 10.5 Å². The van der Waals surface area contributed by atoms with Crippen LogP contribution in [0.25, 0.3) is 11.0 Å². The molecule has 0 aliphatic carbocycles. The summed E-state index contributed by atoms with van der Waals surface area (Å²) in [6.45, 7) is 5.00. The van der Waals surface area contributed by atoms with Crippen LogP contribution in [0, 0.1) is 5.92 Å². The van der Waals surface area contributed by atoms with Gasteiger partial charge in [-0.25, -0.2) is 4.63 Å². The van der Waals surface area contributed by atoms with Crippen molar-refractivity contribution in [3.63, 3.8) is 0 Å². The summed E-state index contributed by atoms with van der Waals surface area (Å²) in [5, 5.41) is 7.56. The molecule has 1 aromatic heterocycles. The maximum Gasteiger partial charge on any atom is 0.179 e. The molecule has 0 bridgehead atoms. The second-order valence-corrected chi connectivity index (χ2v) is 4.32. The Bertz CT molecular complexity index is 495. The Morgan fingerprint density at radius 2 is 2.12 bits per heavy atom. The first-order chi connectivity index (χ1) is 8.22. The zero-order valence-corrected chi connectivity index (χ0v) is 10.1. The molecule has 2 N–H and O–H groups in total. The summed E-state index contributed by atoms with van der Waals surface area (Å²) in [6.07, 6.45) is 2.31. The van der Waals surface area contributed by atoms with Gasteiger partial charge < -0.3 is 10.5 Å². The molecule has 0 radical (unpaired) electrons. The molecule has 5 nitrogen and oxygen atoms in total. The summed E-state index contributed by atoms with van der Waals surface area (Å²) >= 11 is 0. The van der Waals surface area contributed by atoms with E-state index in [1.165, 1.54) is 0 Å². The molecule has 0 saturated carbocycles. The maximum atomic E-state index is 5.76. The number of nitrogens with two attached hydrogens (primary N) is 1. The highest BCUT2D eigenvalue weighted by atomic mass is 16.6. The number of hydrogen-bond donors (Lipinski definition) is 1. The number of hydrogen-bond acceptors (Lipinski definition) is 5. The van der Waals surface area contributed by atoms with Gasteiger partial charge in [-0.05, 0) is 34.8 Å². The van der Waals surface area contributed by atoms with Crippen molar-refractivity contribution in [1.82, 2.24) is 10.3 Å². The van der Waals surface area contributed by atoms with Crippen LogP contribution in [0.5, 0.6) is 5.75 Å². The predicted molar refractivity (Wildman–Crippen MR) is 65.8 cm³/mol. The summed E-state index contributed by atoms with van der Waals surface area (Å²) in [7, 11) is 0. The molecule has 1 heterocycles. The third kappa shape index (κ3) is 2.49. The second kappa shape index (κ2) is 5.03. The number of fused-ring (bicyclic) bond motifs is 1. The van der Waals surface area contributed by atoms with Crippen LogP contribution >= 0.6 is 0 Å². The van der Waals surface area contributed by atoms with Gasteiger partial charge in [0, 0.05) is 0 Å². The van der Waals surface area contributed by atoms with Crippen LogP contribution in [-0.2, 0) is 0 Å². The van der Waals surface area contributed by atoms with Crippen molar-refractivity contribution in [2.75, 3.05) is 12.3 Å². The van der Waals surface area contributed by atoms with Crippen LogP contribution in [0.1, 0.15) is 26.7 Å². The van der Waals surface area contributed by atoms with Gasteiger partial charge in [-0.1, -0.05) is 20.3 Å². The van der Waals surface area contributed by atoms with Crippen molar-refractivity contribution in [1.29, 1.82) is 0 Å². The number of nitrogens with zero attached hydrogens (tertiary/aromatic N) is 2. The Morgan fingerprint density at radius 1 is 1.35 bits per heavy atom. The van der Waals surface area contributed by atoms with Gasteiger partial charge in [0.1, 0.15) is 0 Å². The van der Waals surface area contributed by atoms with E-state index in [1.54, 1.807) is 12.1 Å². The average molecular weight is 235 g/mol. The Kier molecular flexibility index (Phi) is 3.46. The minimum absolute atomic E-state index is 0.521. The highest BCUT2D eigenvalue weighted by Gasteiger charge is 2.12. The first kappa shape index (κ1) is 11.7. The van der Waals surface area contributed by atoms with E-state index < -0.39 is 0 Å². The molecule has 5 heteroatoms. The van der Waals surface area contributed by atoms with E-state index in [0.29, 0.717) is 35.0 Å². The first-order valence-electron chi connectivity index (χ1n) is 5.86. The Morgan fingerprint density at radius 3 is 2.88 bits per heavy atom. The Hall–Kier alpha value is -1.78. The monoisotopic (exact) mass is 235 g/mol. The zero-order valence-electron chi connectivity index (χ0n) is 10.1. The number of benzene rings is 1. The van der Waals surface area contributed by atoms with E-state index in [4.69, 9.17) is 10.5 Å². The number of ether oxygens (including phenoxy) is 1. The molecule has 17 heavy (non-hydrogen) atoms. The molecule has 0 aliphatic heterocycles. The fraction of sp³-hybridized carbons (Fsp3) is 0.500. The summed E-state index contributed by atoms with van der Waals surface area (Å²) in [4.78, 5) is 0. The molecular formula is C12H17N3O2. The van der Waals surface area contributed by atoms with Crippen LogP contribution in [-0.4, -0.2) is 16.9 Å². The lowest BCUT2D eigenvalue weighted by atomic mass is 10.1. The minimum Gasteiger partial charge on any atom is -0.491 e. The molecule has 0 amide bonds. The molecule has 2 rings (SSSR count). The highest BCUT2D eigenvalue weighted by Crippen LogP contribution is 2.27. The number of nitrogen functional groups attached to an aromatic ring is 1. The average Bonchev–Trinajstić information content (AvgIpc) is 2.78. The van der Waals surface area contributed by atoms with Crippen molar-refractivity contribution in [3.05, 3.63) is 12.1 Å². The number of aromatic nitrogens is 2. The van der Waals surface area contributed by atoms with E-state index in [0.717, 1.165) is 12.8 Å². The molecule has 0 fully saturated rings. The molecular weight excluding hydrogens is 218 g/mol. The van der Waals surface area contributed by atoms with Gasteiger partial charge in [-0.3, -0.25) is 0 Å². The predicted octanol–water partition coefficient (Wildman–Crippen LogP) is 2.62. The Labute approximate surface area is 99.9 Å². The van der Waals surface area contributed by atoms with Crippen LogP contribution in [0.2, 0.25) is 0 Å². The van der Waals surface area contributed by atoms with Gasteiger partial charge in [0.15, 0.2) is 16.8 Å². The molecule has 1 unspecified atom stereocenters. The van der Waals surface area contributed by atoms with Crippen molar-refractivity contribution in [2.24, 2.45) is 5.92 Å². The van der Waals surface area contributed by atoms with E-state index in [-0.39, 0.29) is 0 Å². The first-order valence-corrected chi connectivity index (χ1v) is 5.86. The number of rotatable bonds is 5. The fourth-order valence-electron chi connectivity index (χ4n) is 1.79. The molecule has 2 aromatic rings. The van der Waals surface area contributed by atoms with E-state index >= 15 is 0 Å². The van der Waals surface area contributed by atoms with Crippen molar-refractivity contribution >= 4 is 16.7 Å². The topological polar surface area (TPSA) is 74.2 Å². The quantitative estimate of drug-likeness (QED) is 0.806. The van der Waals surface area contributed by atoms with Crippen LogP contribution in [0.4, 0.5) is 5.69 Å². The van der Waals surface area contributed by atoms with Crippen LogP contribution in [0.3, 0.4) is 0 Å². The fourth-order valence-corrected chi connectivity index (χ4v) is 1.79. The van der Waals surface area contributed by atoms with E-state index in [1.807, 2.05) is 0 Å². The third-order valence-electron chi connectivity index (χ3n) is 2.71. The third-order valence-corrected chi connectivity index (χ3v) is 2.71. The molecule has 0 spiro atoms. The smallest absolute Gasteiger partial charge is 0.179 e. The lowest BCUT2D eigenvalue weighted by Crippen LogP contribution is -2.08. The van der Waals surface area contributed by atoms with Gasteiger partial charge >= 0.3 is 0 Å². The van der Waals surface area contributed by atoms with Gasteiger partial charge in [0.05, 0.1) is 12.3 Å². The summed E-state index contributed by atoms with van der Waals surface area (Å²) in [5.41, 5.74) is 7.46.